The SMILES string of the molecule is COCCN1CCN(CCC2(C)Cc3ccccc3C(Cc3ccc(C(=O)NN)cc3)=C2C)CC1. The van der Waals surface area contributed by atoms with E-state index in [4.69, 9.17) is 10.6 Å². The normalized spacial score (nSPS) is 21.1. The third-order valence-corrected chi connectivity index (χ3v) is 8.07. The lowest BCUT2D eigenvalue weighted by Crippen LogP contribution is -2.48. The van der Waals surface area contributed by atoms with Crippen molar-refractivity contribution in [1.29, 1.82) is 0 Å². The molecule has 2 aromatic rings. The fraction of sp³-hybridized carbons (Fsp3) is 0.483. The summed E-state index contributed by atoms with van der Waals surface area (Å²) in [5.74, 6) is 5.02. The second-order valence-electron chi connectivity index (χ2n) is 10.3. The highest BCUT2D eigenvalue weighted by Crippen LogP contribution is 2.46. The molecule has 0 saturated carbocycles. The van der Waals surface area contributed by atoms with Crippen LogP contribution in [-0.2, 0) is 17.6 Å². The average Bonchev–Trinajstić information content (AvgIpc) is 2.89. The highest BCUT2D eigenvalue weighted by molar-refractivity contribution is 5.93. The van der Waals surface area contributed by atoms with Gasteiger partial charge in [0, 0.05) is 45.4 Å². The number of rotatable bonds is 9. The van der Waals surface area contributed by atoms with Crippen molar-refractivity contribution >= 4 is 11.5 Å². The first-order valence-corrected chi connectivity index (χ1v) is 12.8. The summed E-state index contributed by atoms with van der Waals surface area (Å²) in [5.41, 5.74) is 9.87. The molecule has 188 valence electrons. The molecule has 2 aromatic carbocycles. The van der Waals surface area contributed by atoms with Crippen LogP contribution in [0.4, 0.5) is 0 Å². The number of carbonyl (C=O) groups is 1. The van der Waals surface area contributed by atoms with Crippen molar-refractivity contribution in [2.24, 2.45) is 11.3 Å². The number of carbonyl (C=O) groups excluding carboxylic acids is 1. The van der Waals surface area contributed by atoms with E-state index in [1.54, 1.807) is 7.11 Å². The zero-order chi connectivity index (χ0) is 24.8. The van der Waals surface area contributed by atoms with E-state index < -0.39 is 0 Å². The molecule has 1 heterocycles. The highest BCUT2D eigenvalue weighted by Gasteiger charge is 2.35. The van der Waals surface area contributed by atoms with Crippen molar-refractivity contribution in [3.63, 3.8) is 0 Å². The van der Waals surface area contributed by atoms with Crippen LogP contribution < -0.4 is 11.3 Å². The number of benzene rings is 2. The largest absolute Gasteiger partial charge is 0.383 e. The molecule has 3 N–H and O–H groups in total. The van der Waals surface area contributed by atoms with E-state index in [2.05, 4.69) is 53.3 Å². The van der Waals surface area contributed by atoms with Gasteiger partial charge < -0.3 is 9.64 Å². The monoisotopic (exact) mass is 476 g/mol. The number of nitrogens with two attached hydrogens (primary N) is 1. The number of hydrogen-bond acceptors (Lipinski definition) is 5. The Labute approximate surface area is 210 Å². The number of hydrogen-bond donors (Lipinski definition) is 2. The number of methoxy groups -OCH3 is 1. The van der Waals surface area contributed by atoms with Crippen molar-refractivity contribution in [3.8, 4) is 0 Å². The van der Waals surface area contributed by atoms with Crippen LogP contribution in [0.3, 0.4) is 0 Å². The number of amides is 1. The number of nitrogens with zero attached hydrogens (tertiary/aromatic N) is 2. The molecule has 35 heavy (non-hydrogen) atoms. The molecule has 1 atom stereocenters. The van der Waals surface area contributed by atoms with Gasteiger partial charge in [0.15, 0.2) is 0 Å². The molecule has 2 aliphatic rings. The van der Waals surface area contributed by atoms with E-state index in [0.29, 0.717) is 5.56 Å². The first-order valence-electron chi connectivity index (χ1n) is 12.8. The summed E-state index contributed by atoms with van der Waals surface area (Å²) in [6, 6.07) is 16.7. The van der Waals surface area contributed by atoms with E-state index >= 15 is 0 Å². The lowest BCUT2D eigenvalue weighted by atomic mass is 9.66. The lowest BCUT2D eigenvalue weighted by molar-refractivity contribution is 0.0912. The van der Waals surface area contributed by atoms with Gasteiger partial charge in [0.25, 0.3) is 5.91 Å². The van der Waals surface area contributed by atoms with Gasteiger partial charge in [-0.3, -0.25) is 15.1 Å². The summed E-state index contributed by atoms with van der Waals surface area (Å²) in [7, 11) is 1.78. The minimum atomic E-state index is -0.262. The molecule has 1 saturated heterocycles. The molecular formula is C29H40N4O2. The van der Waals surface area contributed by atoms with E-state index in [0.717, 1.165) is 65.1 Å². The molecule has 4 rings (SSSR count). The van der Waals surface area contributed by atoms with Crippen LogP contribution in [0.25, 0.3) is 5.57 Å². The number of allylic oxidation sites excluding steroid dienone is 2. The van der Waals surface area contributed by atoms with Crippen molar-refractivity contribution in [2.75, 3.05) is 53.0 Å². The minimum Gasteiger partial charge on any atom is -0.383 e. The molecule has 0 bridgehead atoms. The fourth-order valence-electron chi connectivity index (χ4n) is 5.51. The predicted octanol–water partition coefficient (Wildman–Crippen LogP) is 3.52. The van der Waals surface area contributed by atoms with E-state index in [1.165, 1.54) is 27.8 Å². The Morgan fingerprint density at radius 1 is 1.03 bits per heavy atom. The summed E-state index contributed by atoms with van der Waals surface area (Å²) in [5, 5.41) is 0. The second kappa shape index (κ2) is 11.5. The molecule has 0 radical (unpaired) electrons. The van der Waals surface area contributed by atoms with Gasteiger partial charge in [-0.15, -0.1) is 0 Å². The number of nitrogen functional groups attached to an aromatic ring is 1. The molecular weight excluding hydrogens is 436 g/mol. The molecule has 6 nitrogen and oxygen atoms in total. The molecule has 0 aromatic heterocycles. The molecule has 1 unspecified atom stereocenters. The zero-order valence-corrected chi connectivity index (χ0v) is 21.5. The Bertz CT molecular complexity index is 1040. The summed E-state index contributed by atoms with van der Waals surface area (Å²) >= 11 is 0. The van der Waals surface area contributed by atoms with Crippen molar-refractivity contribution in [3.05, 3.63) is 76.4 Å². The molecule has 0 spiro atoms. The first kappa shape index (κ1) is 25.6. The van der Waals surface area contributed by atoms with Gasteiger partial charge in [-0.25, -0.2) is 5.84 Å². The van der Waals surface area contributed by atoms with Crippen LogP contribution in [0.5, 0.6) is 0 Å². The number of nitrogens with one attached hydrogen (secondary N) is 1. The maximum Gasteiger partial charge on any atom is 0.265 e. The van der Waals surface area contributed by atoms with E-state index in [9.17, 15) is 4.79 Å². The quantitative estimate of drug-likeness (QED) is 0.329. The Morgan fingerprint density at radius 3 is 2.34 bits per heavy atom. The Hall–Kier alpha value is -2.51. The maximum atomic E-state index is 11.8. The molecule has 1 aliphatic carbocycles. The lowest BCUT2D eigenvalue weighted by Gasteiger charge is -2.41. The summed E-state index contributed by atoms with van der Waals surface area (Å²) in [6.07, 6.45) is 3.10. The van der Waals surface area contributed by atoms with E-state index in [1.807, 2.05) is 24.3 Å². The Morgan fingerprint density at radius 2 is 1.69 bits per heavy atom. The van der Waals surface area contributed by atoms with Gasteiger partial charge in [0.05, 0.1) is 6.61 Å². The van der Waals surface area contributed by atoms with Crippen LogP contribution in [0.1, 0.15) is 47.3 Å². The van der Waals surface area contributed by atoms with Gasteiger partial charge >= 0.3 is 0 Å². The number of ether oxygens (including phenoxy) is 1. The molecule has 1 fully saturated rings. The topological polar surface area (TPSA) is 70.8 Å². The first-order chi connectivity index (χ1) is 16.9. The van der Waals surface area contributed by atoms with Crippen LogP contribution in [0.2, 0.25) is 0 Å². The van der Waals surface area contributed by atoms with Crippen LogP contribution in [0.15, 0.2) is 54.1 Å². The van der Waals surface area contributed by atoms with Gasteiger partial charge in [-0.1, -0.05) is 48.9 Å². The van der Waals surface area contributed by atoms with Crippen LogP contribution >= 0.6 is 0 Å². The number of piperazine rings is 1. The molecule has 1 amide bonds. The zero-order valence-electron chi connectivity index (χ0n) is 21.5. The standard InChI is InChI=1S/C29H40N4O2/c1-22-27(20-23-8-10-24(11-9-23)28(34)31-30)26-7-5-4-6-25(26)21-29(22,2)12-13-32-14-16-33(17-15-32)18-19-35-3/h4-11H,12-21,30H2,1-3H3,(H,31,34). The van der Waals surface area contributed by atoms with Gasteiger partial charge in [0.1, 0.15) is 0 Å². The summed E-state index contributed by atoms with van der Waals surface area (Å²) in [6.45, 7) is 12.3. The Kier molecular flexibility index (Phi) is 8.39. The average molecular weight is 477 g/mol. The van der Waals surface area contributed by atoms with E-state index in [-0.39, 0.29) is 11.3 Å². The van der Waals surface area contributed by atoms with Gasteiger partial charge in [-0.05, 0) is 72.5 Å². The van der Waals surface area contributed by atoms with Crippen LogP contribution in [0, 0.1) is 5.41 Å². The maximum absolute atomic E-state index is 11.8. The number of hydrazine groups is 1. The summed E-state index contributed by atoms with van der Waals surface area (Å²) < 4.78 is 5.24. The third kappa shape index (κ3) is 6.01. The van der Waals surface area contributed by atoms with Crippen molar-refractivity contribution < 1.29 is 9.53 Å². The molecule has 1 aliphatic heterocycles. The fourth-order valence-corrected chi connectivity index (χ4v) is 5.51. The predicted molar refractivity (Wildman–Crippen MR) is 142 cm³/mol. The van der Waals surface area contributed by atoms with Crippen molar-refractivity contribution in [1.82, 2.24) is 15.2 Å². The smallest absolute Gasteiger partial charge is 0.265 e. The van der Waals surface area contributed by atoms with Crippen LogP contribution in [-0.4, -0.2) is 68.7 Å². The minimum absolute atomic E-state index is 0.135. The van der Waals surface area contributed by atoms with Gasteiger partial charge in [-0.2, -0.15) is 0 Å². The molecule has 6 heteroatoms. The number of fused-ring (bicyclic) bond motifs is 1. The second-order valence-corrected chi connectivity index (χ2v) is 10.3. The summed E-state index contributed by atoms with van der Waals surface area (Å²) in [4.78, 5) is 17.0. The van der Waals surface area contributed by atoms with Gasteiger partial charge in [0.2, 0.25) is 0 Å². The highest BCUT2D eigenvalue weighted by atomic mass is 16.5. The van der Waals surface area contributed by atoms with Crippen molar-refractivity contribution in [2.45, 2.75) is 33.1 Å². The third-order valence-electron chi connectivity index (χ3n) is 8.07. The Balaban J connectivity index is 1.49.